The molecule has 2 aromatic rings. The second-order valence-electron chi connectivity index (χ2n) is 10.6. The van der Waals surface area contributed by atoms with Crippen molar-refractivity contribution in [2.45, 2.75) is 55.9 Å². The van der Waals surface area contributed by atoms with Crippen molar-refractivity contribution in [2.24, 2.45) is 5.92 Å². The van der Waals surface area contributed by atoms with Crippen LogP contribution in [0.1, 0.15) is 42.9 Å². The third-order valence-electron chi connectivity index (χ3n) is 8.35. The van der Waals surface area contributed by atoms with Crippen LogP contribution < -0.4 is 4.74 Å². The zero-order valence-electron chi connectivity index (χ0n) is 20.4. The van der Waals surface area contributed by atoms with Crippen LogP contribution in [0.2, 0.25) is 0 Å². The zero-order valence-corrected chi connectivity index (χ0v) is 21.2. The van der Waals surface area contributed by atoms with Gasteiger partial charge in [0.1, 0.15) is 22.2 Å². The molecule has 3 aliphatic rings. The number of halogens is 4. The lowest BCUT2D eigenvalue weighted by Gasteiger charge is -2.44. The lowest BCUT2D eigenvalue weighted by atomic mass is 9.68. The second kappa shape index (κ2) is 8.99. The minimum absolute atomic E-state index is 0.0135. The topological polar surface area (TPSA) is 63.7 Å². The smallest absolute Gasteiger partial charge is 0.426 e. The first-order valence-corrected chi connectivity index (χ1v) is 14.2. The van der Waals surface area contributed by atoms with Crippen LogP contribution in [0.3, 0.4) is 0 Å². The molecular weight excluding hydrogens is 510 g/mol. The van der Waals surface area contributed by atoms with E-state index in [1.807, 2.05) is 30.3 Å². The van der Waals surface area contributed by atoms with Crippen molar-refractivity contribution in [1.82, 2.24) is 4.90 Å². The molecule has 5 nitrogen and oxygen atoms in total. The maximum atomic E-state index is 14.8. The van der Waals surface area contributed by atoms with Gasteiger partial charge in [-0.3, -0.25) is 4.79 Å². The van der Waals surface area contributed by atoms with Crippen molar-refractivity contribution in [1.29, 1.82) is 0 Å². The van der Waals surface area contributed by atoms with Gasteiger partial charge in [-0.05, 0) is 44.2 Å². The Hall–Kier alpha value is -2.62. The van der Waals surface area contributed by atoms with Gasteiger partial charge >= 0.3 is 6.18 Å². The number of likely N-dealkylation sites (tertiary alicyclic amines) is 1. The van der Waals surface area contributed by atoms with Gasteiger partial charge in [-0.1, -0.05) is 42.5 Å². The van der Waals surface area contributed by atoms with Gasteiger partial charge in [-0.2, -0.15) is 13.2 Å². The summed E-state index contributed by atoms with van der Waals surface area (Å²) in [6.07, 6.45) is -3.43. The summed E-state index contributed by atoms with van der Waals surface area (Å²) >= 11 is 0. The minimum atomic E-state index is -5.08. The number of carbonyl (C=O) groups is 1. The van der Waals surface area contributed by atoms with Crippen molar-refractivity contribution in [3.8, 4) is 5.75 Å². The van der Waals surface area contributed by atoms with Gasteiger partial charge in [0.05, 0.1) is 17.5 Å². The molecule has 2 saturated heterocycles. The Morgan fingerprint density at radius 3 is 2.41 bits per heavy atom. The summed E-state index contributed by atoms with van der Waals surface area (Å²) in [6.45, 7) is 0.989. The van der Waals surface area contributed by atoms with Gasteiger partial charge in [0.25, 0.3) is 0 Å². The highest BCUT2D eigenvalue weighted by atomic mass is 32.2. The van der Waals surface area contributed by atoms with Gasteiger partial charge in [0, 0.05) is 29.0 Å². The highest BCUT2D eigenvalue weighted by Gasteiger charge is 2.57. The first-order chi connectivity index (χ1) is 17.3. The molecule has 3 aliphatic heterocycles. The van der Waals surface area contributed by atoms with Crippen molar-refractivity contribution < 1.29 is 35.5 Å². The molecule has 0 N–H and O–H groups in total. The second-order valence-corrected chi connectivity index (χ2v) is 12.9. The number of fused-ring (bicyclic) bond motifs is 3. The number of hydrogen-bond acceptors (Lipinski definition) is 4. The Kier molecular flexibility index (Phi) is 6.32. The monoisotopic (exact) mass is 539 g/mol. The molecule has 0 spiro atoms. The Balaban J connectivity index is 1.52. The quantitative estimate of drug-likeness (QED) is 0.527. The number of alkyl halides is 4. The van der Waals surface area contributed by atoms with Crippen molar-refractivity contribution >= 4 is 15.7 Å². The Labute approximate surface area is 213 Å². The number of hydrogen-bond donors (Lipinski definition) is 0. The largest absolute Gasteiger partial charge is 0.491 e. The summed E-state index contributed by atoms with van der Waals surface area (Å²) < 4.78 is 84.6. The molecule has 0 bridgehead atoms. The van der Waals surface area contributed by atoms with Gasteiger partial charge in [0.2, 0.25) is 11.6 Å². The molecule has 10 heteroatoms. The van der Waals surface area contributed by atoms with Gasteiger partial charge in [0.15, 0.2) is 0 Å². The number of benzene rings is 2. The van der Waals surface area contributed by atoms with E-state index in [4.69, 9.17) is 4.74 Å². The molecule has 3 atom stereocenters. The Morgan fingerprint density at radius 2 is 1.76 bits per heavy atom. The lowest BCUT2D eigenvalue weighted by molar-refractivity contribution is -0.228. The third-order valence-corrected chi connectivity index (χ3v) is 10.1. The molecule has 200 valence electrons. The van der Waals surface area contributed by atoms with Gasteiger partial charge < -0.3 is 9.64 Å². The highest BCUT2D eigenvalue weighted by Crippen LogP contribution is 2.52. The van der Waals surface area contributed by atoms with E-state index >= 15 is 0 Å². The van der Waals surface area contributed by atoms with Crippen LogP contribution in [0.25, 0.3) is 0 Å². The van der Waals surface area contributed by atoms with Crippen LogP contribution in [0.15, 0.2) is 48.5 Å². The molecule has 0 aromatic heterocycles. The van der Waals surface area contributed by atoms with Crippen LogP contribution in [0, 0.1) is 5.92 Å². The van der Waals surface area contributed by atoms with E-state index in [0.29, 0.717) is 31.9 Å². The van der Waals surface area contributed by atoms with E-state index in [1.54, 1.807) is 4.90 Å². The number of carbonyl (C=O) groups excluding carboxylic acids is 1. The van der Waals surface area contributed by atoms with E-state index < -0.39 is 32.7 Å². The molecule has 2 fully saturated rings. The fraction of sp³-hybridized carbons (Fsp3) is 0.519. The van der Waals surface area contributed by atoms with E-state index in [2.05, 4.69) is 0 Å². The molecular formula is C27H29F4NO4S. The van der Waals surface area contributed by atoms with Crippen molar-refractivity contribution in [3.63, 3.8) is 0 Å². The lowest BCUT2D eigenvalue weighted by Crippen LogP contribution is -2.53. The first-order valence-electron chi connectivity index (χ1n) is 12.4. The highest BCUT2D eigenvalue weighted by molar-refractivity contribution is 7.91. The summed E-state index contributed by atoms with van der Waals surface area (Å²) in [5.41, 5.74) is -3.02. The van der Waals surface area contributed by atoms with Crippen LogP contribution in [-0.4, -0.2) is 56.1 Å². The van der Waals surface area contributed by atoms with Crippen LogP contribution in [0.5, 0.6) is 5.75 Å². The molecule has 1 amide bonds. The average molecular weight is 540 g/mol. The van der Waals surface area contributed by atoms with Gasteiger partial charge in [-0.25, -0.2) is 12.8 Å². The summed E-state index contributed by atoms with van der Waals surface area (Å²) in [5.74, 6) is -0.317. The number of ether oxygens (including phenoxy) is 1. The van der Waals surface area contributed by atoms with Crippen molar-refractivity contribution in [2.75, 3.05) is 24.7 Å². The minimum Gasteiger partial charge on any atom is -0.491 e. The summed E-state index contributed by atoms with van der Waals surface area (Å²) in [6, 6.07) is 13.1. The SMILES string of the molecule is CC(F)(c1ccc2c(c1)OCC1N(C(=O)C3CCS(=O)(=O)CC3)CCC21Cc1ccccc1)C(F)(F)F. The van der Waals surface area contributed by atoms with Crippen LogP contribution in [-0.2, 0) is 32.1 Å². The molecule has 0 saturated carbocycles. The van der Waals surface area contributed by atoms with E-state index in [9.17, 15) is 30.8 Å². The molecule has 5 rings (SSSR count). The number of amides is 1. The predicted octanol–water partition coefficient (Wildman–Crippen LogP) is 4.73. The van der Waals surface area contributed by atoms with E-state index in [1.165, 1.54) is 12.1 Å². The zero-order chi connectivity index (χ0) is 26.6. The summed E-state index contributed by atoms with van der Waals surface area (Å²) in [7, 11) is -3.12. The van der Waals surface area contributed by atoms with Crippen LogP contribution in [0.4, 0.5) is 17.6 Å². The Morgan fingerprint density at radius 1 is 1.08 bits per heavy atom. The van der Waals surface area contributed by atoms with Crippen LogP contribution >= 0.6 is 0 Å². The van der Waals surface area contributed by atoms with E-state index in [0.717, 1.165) is 11.6 Å². The summed E-state index contributed by atoms with van der Waals surface area (Å²) in [4.78, 5) is 15.3. The fourth-order valence-corrected chi connectivity index (χ4v) is 7.57. The number of nitrogens with zero attached hydrogens (tertiary/aromatic N) is 1. The van der Waals surface area contributed by atoms with Crippen molar-refractivity contribution in [3.05, 3.63) is 65.2 Å². The normalized spacial score (nSPS) is 27.1. The predicted molar refractivity (Wildman–Crippen MR) is 130 cm³/mol. The Bertz CT molecular complexity index is 1280. The average Bonchev–Trinajstić information content (AvgIpc) is 3.22. The molecule has 3 heterocycles. The molecule has 0 aliphatic carbocycles. The number of sulfone groups is 1. The molecule has 37 heavy (non-hydrogen) atoms. The third kappa shape index (κ3) is 4.51. The number of rotatable bonds is 4. The maximum absolute atomic E-state index is 14.8. The first kappa shape index (κ1) is 26.0. The fourth-order valence-electron chi connectivity index (χ4n) is 6.08. The summed E-state index contributed by atoms with van der Waals surface area (Å²) in [5, 5.41) is 0. The molecule has 2 aromatic carbocycles. The van der Waals surface area contributed by atoms with Gasteiger partial charge in [-0.15, -0.1) is 0 Å². The maximum Gasteiger partial charge on any atom is 0.426 e. The molecule has 0 radical (unpaired) electrons. The standard InChI is InChI=1S/C27H29F4NO4S/c1-25(28,27(29,30)31)20-7-8-21-22(15-20)36-17-23-26(21,16-18-5-3-2-4-6-18)11-12-32(23)24(33)19-9-13-37(34,35)14-10-19/h2-8,15,19,23H,9-14,16-17H2,1H3. The molecule has 3 unspecified atom stereocenters. The van der Waals surface area contributed by atoms with E-state index in [-0.39, 0.29) is 54.6 Å².